The predicted molar refractivity (Wildman–Crippen MR) is 127 cm³/mol. The van der Waals surface area contributed by atoms with E-state index >= 15 is 0 Å². The minimum absolute atomic E-state index is 0.193. The summed E-state index contributed by atoms with van der Waals surface area (Å²) in [7, 11) is 0. The molecule has 1 atom stereocenters. The van der Waals surface area contributed by atoms with Crippen LogP contribution in [0.2, 0.25) is 0 Å². The molecule has 0 radical (unpaired) electrons. The van der Waals surface area contributed by atoms with E-state index in [0.29, 0.717) is 30.2 Å². The number of halogens is 1. The summed E-state index contributed by atoms with van der Waals surface area (Å²) in [6.07, 6.45) is 4.08. The van der Waals surface area contributed by atoms with E-state index in [9.17, 15) is 14.0 Å². The second-order valence-electron chi connectivity index (χ2n) is 7.33. The van der Waals surface area contributed by atoms with Gasteiger partial charge in [-0.25, -0.2) is 19.3 Å². The first-order valence-corrected chi connectivity index (χ1v) is 11.4. The maximum absolute atomic E-state index is 13.2. The van der Waals surface area contributed by atoms with Crippen molar-refractivity contribution in [3.8, 4) is 0 Å². The number of carbonyl (C=O) groups is 1. The van der Waals surface area contributed by atoms with Crippen molar-refractivity contribution < 1.29 is 9.18 Å². The fourth-order valence-corrected chi connectivity index (χ4v) is 4.33. The number of benzene rings is 2. The molecule has 4 rings (SSSR count). The number of nitrogens with zero attached hydrogens (tertiary/aromatic N) is 4. The summed E-state index contributed by atoms with van der Waals surface area (Å²) in [6, 6.07) is 15.4. The summed E-state index contributed by atoms with van der Waals surface area (Å²) in [5.41, 5.74) is 1.73. The number of nitrogens with one attached hydrogen (secondary N) is 1. The van der Waals surface area contributed by atoms with E-state index < -0.39 is 5.25 Å². The Bertz CT molecular complexity index is 1310. The number of anilines is 1. The number of hydrogen-bond donors (Lipinski definition) is 1. The van der Waals surface area contributed by atoms with Crippen LogP contribution < -0.4 is 10.9 Å². The SMILES string of the molecule is CC[C@H](Sc1nc2nccnc2c(=O)n1CCc1ccccc1)C(=O)Nc1ccc(F)cc1. The van der Waals surface area contributed by atoms with E-state index in [2.05, 4.69) is 20.3 Å². The molecule has 2 aromatic heterocycles. The lowest BCUT2D eigenvalue weighted by atomic mass is 10.1. The third-order valence-electron chi connectivity index (χ3n) is 5.05. The highest BCUT2D eigenvalue weighted by Gasteiger charge is 2.23. The Labute approximate surface area is 194 Å². The van der Waals surface area contributed by atoms with Crippen LogP contribution in [0.15, 0.2) is 76.9 Å². The first-order chi connectivity index (χ1) is 16.0. The zero-order valence-electron chi connectivity index (χ0n) is 17.9. The molecular weight excluding hydrogens is 441 g/mol. The molecule has 9 heteroatoms. The van der Waals surface area contributed by atoms with Crippen LogP contribution in [0.4, 0.5) is 10.1 Å². The molecule has 0 aliphatic carbocycles. The Balaban J connectivity index is 1.63. The van der Waals surface area contributed by atoms with Crippen molar-refractivity contribution in [2.75, 3.05) is 5.32 Å². The number of aryl methyl sites for hydroxylation is 1. The molecule has 0 unspecified atom stereocenters. The van der Waals surface area contributed by atoms with E-state index in [1.165, 1.54) is 48.4 Å². The summed E-state index contributed by atoms with van der Waals surface area (Å²) < 4.78 is 14.7. The quantitative estimate of drug-likeness (QED) is 0.313. The number of carbonyl (C=O) groups excluding carboxylic acids is 1. The Morgan fingerprint density at radius 2 is 1.82 bits per heavy atom. The standard InChI is InChI=1S/C24H22FN5O2S/c1-2-19(22(31)28-18-10-8-17(25)9-11-18)33-24-29-21-20(26-13-14-27-21)23(32)30(24)15-12-16-6-4-3-5-7-16/h3-11,13-14,19H,2,12,15H2,1H3,(H,28,31)/t19-/m0/s1. The fourth-order valence-electron chi connectivity index (χ4n) is 3.31. The summed E-state index contributed by atoms with van der Waals surface area (Å²) >= 11 is 1.21. The van der Waals surface area contributed by atoms with Crippen LogP contribution in [0.1, 0.15) is 18.9 Å². The van der Waals surface area contributed by atoms with Crippen LogP contribution in [-0.2, 0) is 17.8 Å². The van der Waals surface area contributed by atoms with Gasteiger partial charge in [-0.05, 0) is 42.7 Å². The zero-order valence-corrected chi connectivity index (χ0v) is 18.8. The number of aromatic nitrogens is 4. The molecule has 0 saturated heterocycles. The highest BCUT2D eigenvalue weighted by atomic mass is 32.2. The van der Waals surface area contributed by atoms with E-state index in [4.69, 9.17) is 0 Å². The lowest BCUT2D eigenvalue weighted by molar-refractivity contribution is -0.115. The largest absolute Gasteiger partial charge is 0.325 e. The molecule has 0 bridgehead atoms. The molecule has 168 valence electrons. The first-order valence-electron chi connectivity index (χ1n) is 10.5. The van der Waals surface area contributed by atoms with Gasteiger partial charge in [0.1, 0.15) is 5.82 Å². The summed E-state index contributed by atoms with van der Waals surface area (Å²) in [6.45, 7) is 2.27. The molecule has 0 aliphatic heterocycles. The molecule has 2 aromatic carbocycles. The highest BCUT2D eigenvalue weighted by molar-refractivity contribution is 8.00. The Morgan fingerprint density at radius 1 is 1.09 bits per heavy atom. The molecule has 0 spiro atoms. The fraction of sp³-hybridized carbons (Fsp3) is 0.208. The number of rotatable bonds is 8. The monoisotopic (exact) mass is 463 g/mol. The maximum Gasteiger partial charge on any atom is 0.282 e. The molecule has 4 aromatic rings. The lowest BCUT2D eigenvalue weighted by Crippen LogP contribution is -2.29. The maximum atomic E-state index is 13.2. The predicted octanol–water partition coefficient (Wildman–Crippen LogP) is 4.08. The molecule has 1 N–H and O–H groups in total. The van der Waals surface area contributed by atoms with Crippen LogP contribution in [-0.4, -0.2) is 30.7 Å². The molecule has 0 aliphatic rings. The van der Waals surface area contributed by atoms with Crippen molar-refractivity contribution in [3.05, 3.63) is 88.7 Å². The van der Waals surface area contributed by atoms with Gasteiger partial charge in [-0.3, -0.25) is 14.2 Å². The molecule has 0 saturated carbocycles. The first kappa shape index (κ1) is 22.6. The summed E-state index contributed by atoms with van der Waals surface area (Å²) in [5, 5.41) is 2.69. The van der Waals surface area contributed by atoms with Crippen molar-refractivity contribution in [2.24, 2.45) is 0 Å². The third-order valence-corrected chi connectivity index (χ3v) is 6.40. The molecule has 33 heavy (non-hydrogen) atoms. The number of thioether (sulfide) groups is 1. The third kappa shape index (κ3) is 5.43. The summed E-state index contributed by atoms with van der Waals surface area (Å²) in [5.74, 6) is -0.629. The van der Waals surface area contributed by atoms with Gasteiger partial charge in [-0.15, -0.1) is 0 Å². The number of hydrogen-bond acceptors (Lipinski definition) is 6. The molecule has 0 fully saturated rings. The van der Waals surface area contributed by atoms with Gasteiger partial charge in [0, 0.05) is 24.6 Å². The zero-order chi connectivity index (χ0) is 23.2. The van der Waals surface area contributed by atoms with Crippen molar-refractivity contribution in [2.45, 2.75) is 36.7 Å². The average Bonchev–Trinajstić information content (AvgIpc) is 2.84. The van der Waals surface area contributed by atoms with Gasteiger partial charge in [0.2, 0.25) is 5.91 Å². The van der Waals surface area contributed by atoms with Crippen LogP contribution in [0.25, 0.3) is 11.2 Å². The van der Waals surface area contributed by atoms with Gasteiger partial charge in [-0.1, -0.05) is 49.0 Å². The second-order valence-corrected chi connectivity index (χ2v) is 8.50. The van der Waals surface area contributed by atoms with E-state index in [1.807, 2.05) is 37.3 Å². The van der Waals surface area contributed by atoms with E-state index in [-0.39, 0.29) is 28.4 Å². The Kier molecular flexibility index (Phi) is 7.09. The van der Waals surface area contributed by atoms with Gasteiger partial charge in [-0.2, -0.15) is 0 Å². The second kappa shape index (κ2) is 10.4. The molecule has 7 nitrogen and oxygen atoms in total. The minimum atomic E-state index is -0.515. The minimum Gasteiger partial charge on any atom is -0.325 e. The Hall–Kier alpha value is -3.59. The van der Waals surface area contributed by atoms with Crippen LogP contribution in [0.5, 0.6) is 0 Å². The van der Waals surface area contributed by atoms with Gasteiger partial charge >= 0.3 is 0 Å². The van der Waals surface area contributed by atoms with Crippen LogP contribution in [0, 0.1) is 5.82 Å². The lowest BCUT2D eigenvalue weighted by Gasteiger charge is -2.17. The topological polar surface area (TPSA) is 89.8 Å². The van der Waals surface area contributed by atoms with E-state index in [0.717, 1.165) is 5.56 Å². The van der Waals surface area contributed by atoms with Gasteiger partial charge in [0.05, 0.1) is 5.25 Å². The smallest absolute Gasteiger partial charge is 0.282 e. The average molecular weight is 464 g/mol. The van der Waals surface area contributed by atoms with Gasteiger partial charge in [0.15, 0.2) is 16.3 Å². The van der Waals surface area contributed by atoms with E-state index in [1.54, 1.807) is 4.57 Å². The van der Waals surface area contributed by atoms with Crippen molar-refractivity contribution in [3.63, 3.8) is 0 Å². The highest BCUT2D eigenvalue weighted by Crippen LogP contribution is 2.25. The normalized spacial score (nSPS) is 11.9. The van der Waals surface area contributed by atoms with Crippen molar-refractivity contribution in [1.29, 1.82) is 0 Å². The molecular formula is C24H22FN5O2S. The Morgan fingerprint density at radius 3 is 2.55 bits per heavy atom. The summed E-state index contributed by atoms with van der Waals surface area (Å²) in [4.78, 5) is 39.0. The molecule has 2 heterocycles. The van der Waals surface area contributed by atoms with Crippen molar-refractivity contribution in [1.82, 2.24) is 19.5 Å². The van der Waals surface area contributed by atoms with Crippen molar-refractivity contribution >= 4 is 34.5 Å². The van der Waals surface area contributed by atoms with Crippen LogP contribution in [0.3, 0.4) is 0 Å². The number of fused-ring (bicyclic) bond motifs is 1. The van der Waals surface area contributed by atoms with Gasteiger partial charge < -0.3 is 5.32 Å². The van der Waals surface area contributed by atoms with Gasteiger partial charge in [0.25, 0.3) is 5.56 Å². The van der Waals surface area contributed by atoms with Crippen LogP contribution >= 0.6 is 11.8 Å². The number of amides is 1. The molecule has 1 amide bonds.